The third-order valence-electron chi connectivity index (χ3n) is 3.38. The zero-order valence-corrected chi connectivity index (χ0v) is 12.3. The van der Waals surface area contributed by atoms with Gasteiger partial charge in [-0.25, -0.2) is 4.98 Å². The second kappa shape index (κ2) is 5.34. The van der Waals surface area contributed by atoms with Crippen LogP contribution in [0.2, 0.25) is 0 Å². The molecule has 0 saturated carbocycles. The Bertz CT molecular complexity index is 664. The maximum atomic E-state index is 11.4. The molecule has 1 aromatic carbocycles. The Morgan fingerprint density at radius 2 is 2.25 bits per heavy atom. The van der Waals surface area contributed by atoms with Crippen molar-refractivity contribution in [1.82, 2.24) is 4.98 Å². The van der Waals surface area contributed by atoms with E-state index in [1.807, 2.05) is 12.1 Å². The summed E-state index contributed by atoms with van der Waals surface area (Å²) in [5.74, 6) is 0.0949. The molecule has 1 aromatic heterocycles. The molecule has 104 valence electrons. The number of benzene rings is 1. The predicted molar refractivity (Wildman–Crippen MR) is 80.0 cm³/mol. The molecule has 2 aromatic rings. The number of ether oxygens (including phenoxy) is 1. The van der Waals surface area contributed by atoms with Crippen LogP contribution < -0.4 is 5.32 Å². The SMILES string of the molecule is COCc1nc(-c2ccc3c(c2)CCC(=O)N3)c(C)s1. The number of amides is 1. The van der Waals surface area contributed by atoms with Crippen LogP contribution in [0.1, 0.15) is 21.9 Å². The van der Waals surface area contributed by atoms with Crippen LogP contribution in [0.3, 0.4) is 0 Å². The molecular formula is C15H16N2O2S. The van der Waals surface area contributed by atoms with E-state index in [-0.39, 0.29) is 5.91 Å². The molecule has 0 atom stereocenters. The highest BCUT2D eigenvalue weighted by molar-refractivity contribution is 7.12. The molecule has 0 unspecified atom stereocenters. The molecule has 0 aliphatic carbocycles. The van der Waals surface area contributed by atoms with Crippen molar-refractivity contribution >= 4 is 22.9 Å². The number of methoxy groups -OCH3 is 1. The molecule has 4 nitrogen and oxygen atoms in total. The third-order valence-corrected chi connectivity index (χ3v) is 4.33. The number of carbonyl (C=O) groups is 1. The van der Waals surface area contributed by atoms with Crippen LogP contribution in [0.5, 0.6) is 0 Å². The van der Waals surface area contributed by atoms with Gasteiger partial charge in [0.05, 0.1) is 12.3 Å². The van der Waals surface area contributed by atoms with E-state index < -0.39 is 0 Å². The molecule has 0 bridgehead atoms. The number of aryl methyl sites for hydroxylation is 2. The number of carbonyl (C=O) groups excluding carboxylic acids is 1. The fraction of sp³-hybridized carbons (Fsp3) is 0.333. The Balaban J connectivity index is 1.96. The average Bonchev–Trinajstić information content (AvgIpc) is 2.79. The molecule has 3 rings (SSSR count). The van der Waals surface area contributed by atoms with Gasteiger partial charge in [0.25, 0.3) is 0 Å². The number of hydrogen-bond acceptors (Lipinski definition) is 4. The van der Waals surface area contributed by atoms with E-state index in [0.717, 1.165) is 28.4 Å². The largest absolute Gasteiger partial charge is 0.378 e. The quantitative estimate of drug-likeness (QED) is 0.944. The first-order valence-corrected chi connectivity index (χ1v) is 7.37. The van der Waals surface area contributed by atoms with Crippen molar-refractivity contribution in [3.63, 3.8) is 0 Å². The van der Waals surface area contributed by atoms with Crippen molar-refractivity contribution < 1.29 is 9.53 Å². The molecule has 0 spiro atoms. The number of aromatic nitrogens is 1. The van der Waals surface area contributed by atoms with E-state index in [0.29, 0.717) is 13.0 Å². The van der Waals surface area contributed by atoms with Crippen LogP contribution in [0.15, 0.2) is 18.2 Å². The first kappa shape index (κ1) is 13.3. The highest BCUT2D eigenvalue weighted by atomic mass is 32.1. The molecule has 1 aliphatic rings. The number of nitrogens with zero attached hydrogens (tertiary/aromatic N) is 1. The number of rotatable bonds is 3. The Labute approximate surface area is 121 Å². The molecule has 0 fully saturated rings. The van der Waals surface area contributed by atoms with Crippen molar-refractivity contribution in [2.45, 2.75) is 26.4 Å². The fourth-order valence-electron chi connectivity index (χ4n) is 2.44. The number of fused-ring (bicyclic) bond motifs is 1. The Morgan fingerprint density at radius 3 is 3.05 bits per heavy atom. The third kappa shape index (κ3) is 2.46. The van der Waals surface area contributed by atoms with Gasteiger partial charge < -0.3 is 10.1 Å². The summed E-state index contributed by atoms with van der Waals surface area (Å²) in [4.78, 5) is 17.2. The predicted octanol–water partition coefficient (Wildman–Crippen LogP) is 3.15. The van der Waals surface area contributed by atoms with Crippen molar-refractivity contribution in [1.29, 1.82) is 0 Å². The van der Waals surface area contributed by atoms with E-state index in [1.165, 1.54) is 10.4 Å². The molecule has 1 aliphatic heterocycles. The molecule has 20 heavy (non-hydrogen) atoms. The Morgan fingerprint density at radius 1 is 1.40 bits per heavy atom. The van der Waals surface area contributed by atoms with Gasteiger partial charge >= 0.3 is 0 Å². The van der Waals surface area contributed by atoms with Gasteiger partial charge in [0, 0.05) is 29.7 Å². The molecule has 5 heteroatoms. The van der Waals surface area contributed by atoms with Gasteiger partial charge in [0.2, 0.25) is 5.91 Å². The summed E-state index contributed by atoms with van der Waals surface area (Å²) in [6.45, 7) is 2.62. The van der Waals surface area contributed by atoms with Gasteiger partial charge in [0.15, 0.2) is 0 Å². The lowest BCUT2D eigenvalue weighted by Gasteiger charge is -2.17. The summed E-state index contributed by atoms with van der Waals surface area (Å²) >= 11 is 1.67. The van der Waals surface area contributed by atoms with E-state index in [2.05, 4.69) is 23.3 Å². The molecule has 0 radical (unpaired) electrons. The number of nitrogens with one attached hydrogen (secondary N) is 1. The molecule has 0 saturated heterocycles. The second-order valence-corrected chi connectivity index (χ2v) is 6.15. The average molecular weight is 288 g/mol. The lowest BCUT2D eigenvalue weighted by atomic mass is 9.99. The maximum absolute atomic E-state index is 11.4. The normalized spacial score (nSPS) is 14.0. The van der Waals surface area contributed by atoms with Crippen LogP contribution in [-0.2, 0) is 22.6 Å². The van der Waals surface area contributed by atoms with Crippen molar-refractivity contribution in [3.8, 4) is 11.3 Å². The fourth-order valence-corrected chi connectivity index (χ4v) is 3.36. The minimum absolute atomic E-state index is 0.0949. The number of hydrogen-bond donors (Lipinski definition) is 1. The summed E-state index contributed by atoms with van der Waals surface area (Å²) in [7, 11) is 1.68. The zero-order valence-electron chi connectivity index (χ0n) is 11.5. The highest BCUT2D eigenvalue weighted by Gasteiger charge is 2.17. The van der Waals surface area contributed by atoms with E-state index in [1.54, 1.807) is 18.4 Å². The Hall–Kier alpha value is -1.72. The topological polar surface area (TPSA) is 51.2 Å². The summed E-state index contributed by atoms with van der Waals surface area (Å²) in [5, 5.41) is 3.89. The van der Waals surface area contributed by atoms with E-state index in [4.69, 9.17) is 4.74 Å². The standard InChI is InChI=1S/C15H16N2O2S/c1-9-15(17-14(20-9)8-19-2)11-3-5-12-10(7-11)4-6-13(18)16-12/h3,5,7H,4,6,8H2,1-2H3,(H,16,18). The smallest absolute Gasteiger partial charge is 0.224 e. The van der Waals surface area contributed by atoms with Gasteiger partial charge in [-0.05, 0) is 31.0 Å². The Kier molecular flexibility index (Phi) is 3.54. The van der Waals surface area contributed by atoms with Crippen LogP contribution in [0.25, 0.3) is 11.3 Å². The van der Waals surface area contributed by atoms with Gasteiger partial charge in [-0.3, -0.25) is 4.79 Å². The number of thiazole rings is 1. The monoisotopic (exact) mass is 288 g/mol. The van der Waals surface area contributed by atoms with Crippen LogP contribution in [0, 0.1) is 6.92 Å². The highest BCUT2D eigenvalue weighted by Crippen LogP contribution is 2.32. The molecule has 2 heterocycles. The van der Waals surface area contributed by atoms with E-state index >= 15 is 0 Å². The zero-order chi connectivity index (χ0) is 14.1. The van der Waals surface area contributed by atoms with Gasteiger partial charge in [-0.15, -0.1) is 11.3 Å². The van der Waals surface area contributed by atoms with Crippen molar-refractivity contribution in [2.24, 2.45) is 0 Å². The van der Waals surface area contributed by atoms with Crippen LogP contribution in [0.4, 0.5) is 5.69 Å². The molecule has 1 N–H and O–H groups in total. The number of anilines is 1. The van der Waals surface area contributed by atoms with Crippen LogP contribution in [-0.4, -0.2) is 18.0 Å². The van der Waals surface area contributed by atoms with Gasteiger partial charge in [0.1, 0.15) is 5.01 Å². The lowest BCUT2D eigenvalue weighted by molar-refractivity contribution is -0.116. The summed E-state index contributed by atoms with van der Waals surface area (Å²) in [5.41, 5.74) is 4.23. The minimum atomic E-state index is 0.0949. The molecule has 1 amide bonds. The first-order valence-electron chi connectivity index (χ1n) is 6.56. The maximum Gasteiger partial charge on any atom is 0.224 e. The lowest BCUT2D eigenvalue weighted by Crippen LogP contribution is -2.18. The summed E-state index contributed by atoms with van der Waals surface area (Å²) in [6, 6.07) is 6.12. The second-order valence-electron chi connectivity index (χ2n) is 4.87. The summed E-state index contributed by atoms with van der Waals surface area (Å²) in [6.07, 6.45) is 1.35. The van der Waals surface area contributed by atoms with Gasteiger partial charge in [-0.2, -0.15) is 0 Å². The van der Waals surface area contributed by atoms with Crippen molar-refractivity contribution in [3.05, 3.63) is 33.6 Å². The molecular weight excluding hydrogens is 272 g/mol. The van der Waals surface area contributed by atoms with Crippen molar-refractivity contribution in [2.75, 3.05) is 12.4 Å². The van der Waals surface area contributed by atoms with E-state index in [9.17, 15) is 4.79 Å². The van der Waals surface area contributed by atoms with Crippen LogP contribution >= 0.6 is 11.3 Å². The van der Waals surface area contributed by atoms with Gasteiger partial charge in [-0.1, -0.05) is 6.07 Å². The summed E-state index contributed by atoms with van der Waals surface area (Å²) < 4.78 is 5.13. The minimum Gasteiger partial charge on any atom is -0.378 e. The first-order chi connectivity index (χ1) is 9.67.